The molecule has 5 nitrogen and oxygen atoms in total. The van der Waals surface area contributed by atoms with E-state index in [9.17, 15) is 4.79 Å². The van der Waals surface area contributed by atoms with Gasteiger partial charge in [0.15, 0.2) is 5.13 Å². The lowest BCUT2D eigenvalue weighted by molar-refractivity contribution is -0.116. The molecule has 0 bridgehead atoms. The van der Waals surface area contributed by atoms with E-state index in [2.05, 4.69) is 22.2 Å². The first-order valence-electron chi connectivity index (χ1n) is 7.76. The highest BCUT2D eigenvalue weighted by Gasteiger charge is 2.19. The van der Waals surface area contributed by atoms with Crippen LogP contribution in [0.25, 0.3) is 0 Å². The van der Waals surface area contributed by atoms with Crippen molar-refractivity contribution >= 4 is 22.4 Å². The number of ether oxygens (including phenoxy) is 1. The minimum absolute atomic E-state index is 0.0582. The van der Waals surface area contributed by atoms with E-state index in [1.54, 1.807) is 11.3 Å². The van der Waals surface area contributed by atoms with Gasteiger partial charge in [-0.3, -0.25) is 4.79 Å². The second-order valence-electron chi connectivity index (χ2n) is 5.84. The van der Waals surface area contributed by atoms with Crippen molar-refractivity contribution in [3.8, 4) is 5.75 Å². The maximum Gasteiger partial charge on any atom is 0.229 e. The van der Waals surface area contributed by atoms with Gasteiger partial charge in [0, 0.05) is 24.4 Å². The predicted molar refractivity (Wildman–Crippen MR) is 92.1 cm³/mol. The minimum Gasteiger partial charge on any atom is -0.493 e. The number of aromatic nitrogens is 1. The summed E-state index contributed by atoms with van der Waals surface area (Å²) >= 11 is 1.57. The number of carbonyl (C=O) groups is 1. The molecule has 0 aliphatic carbocycles. The normalized spacial score (nSPS) is 14.3. The van der Waals surface area contributed by atoms with Gasteiger partial charge in [0.2, 0.25) is 5.91 Å². The Morgan fingerprint density at radius 3 is 3.17 bits per heavy atom. The van der Waals surface area contributed by atoms with Crippen molar-refractivity contribution in [2.24, 2.45) is 0 Å². The molecule has 1 aliphatic rings. The largest absolute Gasteiger partial charge is 0.493 e. The number of nitrogens with zero attached hydrogens (tertiary/aromatic N) is 2. The van der Waals surface area contributed by atoms with Gasteiger partial charge in [-0.15, -0.1) is 11.3 Å². The first-order valence-corrected chi connectivity index (χ1v) is 8.58. The zero-order valence-corrected chi connectivity index (χ0v) is 14.3. The molecule has 1 aromatic carbocycles. The summed E-state index contributed by atoms with van der Waals surface area (Å²) < 4.78 is 5.61. The fourth-order valence-electron chi connectivity index (χ4n) is 2.53. The number of amides is 1. The number of nitrogens with one attached hydrogen (secondary N) is 1. The lowest BCUT2D eigenvalue weighted by Gasteiger charge is -2.20. The molecule has 2 heterocycles. The van der Waals surface area contributed by atoms with Gasteiger partial charge >= 0.3 is 0 Å². The maximum absolute atomic E-state index is 12.0. The summed E-state index contributed by atoms with van der Waals surface area (Å²) in [7, 11) is 2.10. The fourth-order valence-corrected chi connectivity index (χ4v) is 3.63. The summed E-state index contributed by atoms with van der Waals surface area (Å²) in [4.78, 5) is 20.1. The van der Waals surface area contributed by atoms with Gasteiger partial charge < -0.3 is 15.0 Å². The Labute approximate surface area is 140 Å². The molecule has 0 radical (unpaired) electrons. The van der Waals surface area contributed by atoms with Crippen LogP contribution < -0.4 is 10.1 Å². The zero-order valence-electron chi connectivity index (χ0n) is 13.5. The molecule has 23 heavy (non-hydrogen) atoms. The van der Waals surface area contributed by atoms with E-state index in [1.165, 1.54) is 4.88 Å². The van der Waals surface area contributed by atoms with Crippen LogP contribution in [-0.4, -0.2) is 36.0 Å². The summed E-state index contributed by atoms with van der Waals surface area (Å²) in [6.07, 6.45) is 1.27. The molecule has 122 valence electrons. The average Bonchev–Trinajstić information content (AvgIpc) is 2.88. The summed E-state index contributed by atoms with van der Waals surface area (Å²) in [6, 6.07) is 7.82. The van der Waals surface area contributed by atoms with E-state index in [4.69, 9.17) is 4.74 Å². The highest BCUT2D eigenvalue weighted by atomic mass is 32.1. The van der Waals surface area contributed by atoms with Crippen molar-refractivity contribution in [1.29, 1.82) is 0 Å². The second kappa shape index (κ2) is 7.10. The van der Waals surface area contributed by atoms with Crippen LogP contribution in [0.4, 0.5) is 5.13 Å². The third kappa shape index (κ3) is 4.30. The van der Waals surface area contributed by atoms with Crippen LogP contribution in [0.1, 0.15) is 22.6 Å². The van der Waals surface area contributed by atoms with Crippen molar-refractivity contribution in [3.63, 3.8) is 0 Å². The van der Waals surface area contributed by atoms with E-state index in [-0.39, 0.29) is 5.91 Å². The molecular weight excluding hydrogens is 310 g/mol. The Morgan fingerprint density at radius 2 is 2.35 bits per heavy atom. The van der Waals surface area contributed by atoms with Gasteiger partial charge in [0.05, 0.1) is 18.7 Å². The number of likely N-dealkylation sites (N-methyl/N-ethyl adjacent to an activating group) is 1. The van der Waals surface area contributed by atoms with Crippen LogP contribution >= 0.6 is 11.3 Å². The molecule has 0 atom stereocenters. The molecule has 0 spiro atoms. The summed E-state index contributed by atoms with van der Waals surface area (Å²) in [5, 5.41) is 3.58. The van der Waals surface area contributed by atoms with Gasteiger partial charge in [0.25, 0.3) is 0 Å². The molecule has 3 rings (SSSR count). The maximum atomic E-state index is 12.0. The molecule has 0 saturated heterocycles. The third-order valence-electron chi connectivity index (χ3n) is 3.76. The van der Waals surface area contributed by atoms with Crippen molar-refractivity contribution in [3.05, 3.63) is 40.4 Å². The monoisotopic (exact) mass is 331 g/mol. The average molecular weight is 331 g/mol. The predicted octanol–water partition coefficient (Wildman–Crippen LogP) is 2.85. The Bertz CT molecular complexity index is 699. The van der Waals surface area contributed by atoms with Crippen LogP contribution in [0, 0.1) is 6.92 Å². The van der Waals surface area contributed by atoms with Gasteiger partial charge in [0.1, 0.15) is 5.75 Å². The third-order valence-corrected chi connectivity index (χ3v) is 4.75. The molecule has 6 heteroatoms. The number of thiazole rings is 1. The van der Waals surface area contributed by atoms with E-state index >= 15 is 0 Å². The molecule has 1 amide bonds. The van der Waals surface area contributed by atoms with Crippen LogP contribution in [0.3, 0.4) is 0 Å². The van der Waals surface area contributed by atoms with E-state index in [0.717, 1.165) is 36.5 Å². The second-order valence-corrected chi connectivity index (χ2v) is 6.92. The number of benzene rings is 1. The molecule has 2 aromatic rings. The number of rotatable bonds is 5. The molecule has 0 fully saturated rings. The minimum atomic E-state index is -0.0582. The van der Waals surface area contributed by atoms with Crippen molar-refractivity contribution in [2.45, 2.75) is 26.3 Å². The number of aryl methyl sites for hydroxylation is 1. The quantitative estimate of drug-likeness (QED) is 0.915. The molecule has 1 aromatic heterocycles. The molecule has 0 unspecified atom stereocenters. The Kier molecular flexibility index (Phi) is 4.93. The summed E-state index contributed by atoms with van der Waals surface area (Å²) in [5.74, 6) is 0.739. The smallest absolute Gasteiger partial charge is 0.229 e. The van der Waals surface area contributed by atoms with E-state index < -0.39 is 0 Å². The SMILES string of the molecule is Cc1cccc(OCCC(=O)Nc2nc3c(s2)CN(C)CC3)c1. The van der Waals surface area contributed by atoms with Crippen LogP contribution in [0.15, 0.2) is 24.3 Å². The lowest BCUT2D eigenvalue weighted by atomic mass is 10.2. The van der Waals surface area contributed by atoms with Gasteiger partial charge in [-0.2, -0.15) is 0 Å². The van der Waals surface area contributed by atoms with Gasteiger partial charge in [-0.05, 0) is 31.7 Å². The van der Waals surface area contributed by atoms with Crippen LogP contribution in [-0.2, 0) is 17.8 Å². The Morgan fingerprint density at radius 1 is 1.48 bits per heavy atom. The van der Waals surface area contributed by atoms with E-state index in [0.29, 0.717) is 18.2 Å². The first kappa shape index (κ1) is 16.0. The Balaban J connectivity index is 1.48. The van der Waals surface area contributed by atoms with Crippen molar-refractivity contribution in [2.75, 3.05) is 25.5 Å². The molecule has 1 N–H and O–H groups in total. The number of fused-ring (bicyclic) bond motifs is 1. The van der Waals surface area contributed by atoms with E-state index in [1.807, 2.05) is 31.2 Å². The zero-order chi connectivity index (χ0) is 16.2. The number of carbonyl (C=O) groups excluding carboxylic acids is 1. The van der Waals surface area contributed by atoms with Gasteiger partial charge in [-0.1, -0.05) is 12.1 Å². The fraction of sp³-hybridized carbons (Fsp3) is 0.412. The first-order chi connectivity index (χ1) is 11.1. The topological polar surface area (TPSA) is 54.5 Å². The highest BCUT2D eigenvalue weighted by molar-refractivity contribution is 7.15. The summed E-state index contributed by atoms with van der Waals surface area (Å²) in [6.45, 7) is 4.32. The Hall–Kier alpha value is -1.92. The molecule has 0 saturated carbocycles. The molecular formula is C17H21N3O2S. The van der Waals surface area contributed by atoms with Crippen molar-refractivity contribution < 1.29 is 9.53 Å². The number of hydrogen-bond donors (Lipinski definition) is 1. The highest BCUT2D eigenvalue weighted by Crippen LogP contribution is 2.27. The number of anilines is 1. The summed E-state index contributed by atoms with van der Waals surface area (Å²) in [5.41, 5.74) is 2.27. The lowest BCUT2D eigenvalue weighted by Crippen LogP contribution is -2.25. The van der Waals surface area contributed by atoms with Crippen molar-refractivity contribution in [1.82, 2.24) is 9.88 Å². The number of hydrogen-bond acceptors (Lipinski definition) is 5. The molecule has 1 aliphatic heterocycles. The standard InChI is InChI=1S/C17H21N3O2S/c1-12-4-3-5-13(10-12)22-9-7-16(21)19-17-18-14-6-8-20(2)11-15(14)23-17/h3-5,10H,6-9,11H2,1-2H3,(H,18,19,21). The van der Waals surface area contributed by atoms with Gasteiger partial charge in [-0.25, -0.2) is 4.98 Å². The van der Waals surface area contributed by atoms with Crippen LogP contribution in [0.5, 0.6) is 5.75 Å². The van der Waals surface area contributed by atoms with Crippen LogP contribution in [0.2, 0.25) is 0 Å².